The van der Waals surface area contributed by atoms with Gasteiger partial charge in [0.1, 0.15) is 0 Å². The summed E-state index contributed by atoms with van der Waals surface area (Å²) in [6.07, 6.45) is 7.74. The molecule has 2 aromatic rings. The van der Waals surface area contributed by atoms with Crippen molar-refractivity contribution in [2.75, 3.05) is 20.1 Å². The lowest BCUT2D eigenvalue weighted by molar-refractivity contribution is 0.0449. The van der Waals surface area contributed by atoms with Gasteiger partial charge in [-0.15, -0.1) is 0 Å². The molecule has 0 bridgehead atoms. The highest BCUT2D eigenvalue weighted by Crippen LogP contribution is 2.54. The summed E-state index contributed by atoms with van der Waals surface area (Å²) in [5.74, 6) is 2.44. The molecule has 2 heteroatoms. The van der Waals surface area contributed by atoms with Crippen LogP contribution in [-0.2, 0) is 0 Å². The molecule has 0 amide bonds. The van der Waals surface area contributed by atoms with Crippen molar-refractivity contribution >= 4 is 5.71 Å². The number of fused-ring (bicyclic) bond motifs is 1. The van der Waals surface area contributed by atoms with Gasteiger partial charge in [-0.05, 0) is 81.0 Å². The highest BCUT2D eigenvalue weighted by Gasteiger charge is 2.49. The average Bonchev–Trinajstić information content (AvgIpc) is 2.80. The second-order valence-corrected chi connectivity index (χ2v) is 9.40. The minimum Gasteiger partial charge on any atom is -0.303 e. The van der Waals surface area contributed by atoms with E-state index in [1.165, 1.54) is 61.9 Å². The zero-order chi connectivity index (χ0) is 19.6. The van der Waals surface area contributed by atoms with E-state index in [2.05, 4.69) is 72.6 Å². The number of hydrogen-bond acceptors (Lipinski definition) is 2. The molecule has 2 fully saturated rings. The standard InChI is InChI=1S/C27H34N2/c1-29-18-10-15-22-25(29)19-23(20-11-4-2-5-12-20)27(24-16-8-9-17-28-24)26(22)21-13-6-3-7-14-21/h2-7,11-14,22-23,25-27H,8-10,15-19H2,1H3/t22-,23-,25-,26-,27+/m0/s1. The zero-order valence-electron chi connectivity index (χ0n) is 17.7. The van der Waals surface area contributed by atoms with Gasteiger partial charge in [0.25, 0.3) is 0 Å². The molecule has 2 aliphatic heterocycles. The predicted molar refractivity (Wildman–Crippen MR) is 122 cm³/mol. The lowest BCUT2D eigenvalue weighted by atomic mass is 9.56. The first kappa shape index (κ1) is 19.1. The molecule has 1 aliphatic carbocycles. The van der Waals surface area contributed by atoms with Gasteiger partial charge >= 0.3 is 0 Å². The van der Waals surface area contributed by atoms with Crippen LogP contribution in [0.15, 0.2) is 65.7 Å². The van der Waals surface area contributed by atoms with Gasteiger partial charge in [0, 0.05) is 24.2 Å². The highest BCUT2D eigenvalue weighted by molar-refractivity contribution is 5.89. The molecule has 3 aliphatic rings. The third kappa shape index (κ3) is 3.68. The molecule has 1 saturated carbocycles. The van der Waals surface area contributed by atoms with Crippen molar-refractivity contribution in [1.29, 1.82) is 0 Å². The Morgan fingerprint density at radius 2 is 1.55 bits per heavy atom. The SMILES string of the molecule is CN1CCC[C@@H]2[C@H](c3ccccc3)[C@@H](C3=NCCCC3)[C@H](c3ccccc3)C[C@@H]21. The Hall–Kier alpha value is -1.93. The lowest BCUT2D eigenvalue weighted by Gasteiger charge is -2.53. The number of hydrogen-bond donors (Lipinski definition) is 0. The maximum absolute atomic E-state index is 5.16. The fraction of sp³-hybridized carbons (Fsp3) is 0.519. The largest absolute Gasteiger partial charge is 0.303 e. The summed E-state index contributed by atoms with van der Waals surface area (Å²) < 4.78 is 0. The van der Waals surface area contributed by atoms with Crippen LogP contribution >= 0.6 is 0 Å². The Morgan fingerprint density at radius 1 is 0.828 bits per heavy atom. The van der Waals surface area contributed by atoms with E-state index in [4.69, 9.17) is 4.99 Å². The minimum atomic E-state index is 0.549. The minimum absolute atomic E-state index is 0.549. The smallest absolute Gasteiger partial charge is 0.0388 e. The van der Waals surface area contributed by atoms with Crippen LogP contribution in [0.4, 0.5) is 0 Å². The Labute approximate surface area is 176 Å². The van der Waals surface area contributed by atoms with E-state index in [0.717, 1.165) is 12.5 Å². The monoisotopic (exact) mass is 386 g/mol. The quantitative estimate of drug-likeness (QED) is 0.640. The fourth-order valence-electron chi connectivity index (χ4n) is 6.56. The first-order chi connectivity index (χ1) is 14.3. The van der Waals surface area contributed by atoms with E-state index in [-0.39, 0.29) is 0 Å². The van der Waals surface area contributed by atoms with Gasteiger partial charge in [0.05, 0.1) is 0 Å². The average molecular weight is 387 g/mol. The summed E-state index contributed by atoms with van der Waals surface area (Å²) in [7, 11) is 2.36. The molecule has 2 aromatic carbocycles. The van der Waals surface area contributed by atoms with Crippen molar-refractivity contribution in [3.8, 4) is 0 Å². The van der Waals surface area contributed by atoms with E-state index < -0.39 is 0 Å². The van der Waals surface area contributed by atoms with Crippen molar-refractivity contribution in [2.45, 2.75) is 56.4 Å². The van der Waals surface area contributed by atoms with Gasteiger partial charge in [0.15, 0.2) is 0 Å². The number of likely N-dealkylation sites (tertiary alicyclic amines) is 1. The lowest BCUT2D eigenvalue weighted by Crippen LogP contribution is -2.53. The number of rotatable bonds is 3. The van der Waals surface area contributed by atoms with Gasteiger partial charge in [-0.1, -0.05) is 60.7 Å². The van der Waals surface area contributed by atoms with Gasteiger partial charge in [-0.25, -0.2) is 0 Å². The summed E-state index contributed by atoms with van der Waals surface area (Å²) in [5.41, 5.74) is 4.58. The molecule has 0 radical (unpaired) electrons. The molecule has 2 heterocycles. The second kappa shape index (κ2) is 8.44. The van der Waals surface area contributed by atoms with E-state index in [1.54, 1.807) is 0 Å². The van der Waals surface area contributed by atoms with Crippen molar-refractivity contribution in [1.82, 2.24) is 4.90 Å². The molecule has 0 N–H and O–H groups in total. The van der Waals surface area contributed by atoms with Crippen molar-refractivity contribution in [3.63, 3.8) is 0 Å². The van der Waals surface area contributed by atoms with E-state index >= 15 is 0 Å². The van der Waals surface area contributed by atoms with Crippen LogP contribution in [-0.4, -0.2) is 36.8 Å². The van der Waals surface area contributed by atoms with Crippen LogP contribution in [0.2, 0.25) is 0 Å². The zero-order valence-corrected chi connectivity index (χ0v) is 17.7. The third-order valence-electron chi connectivity index (χ3n) is 7.84. The van der Waals surface area contributed by atoms with Crippen LogP contribution in [0.5, 0.6) is 0 Å². The highest BCUT2D eigenvalue weighted by atomic mass is 15.1. The molecule has 152 valence electrons. The van der Waals surface area contributed by atoms with Gasteiger partial charge < -0.3 is 4.90 Å². The summed E-state index contributed by atoms with van der Waals surface area (Å²) in [6.45, 7) is 2.28. The molecule has 2 nitrogen and oxygen atoms in total. The Bertz CT molecular complexity index is 828. The van der Waals surface area contributed by atoms with Gasteiger partial charge in [-0.2, -0.15) is 0 Å². The molecule has 0 spiro atoms. The number of nitrogens with zero attached hydrogens (tertiary/aromatic N) is 2. The Kier molecular flexibility index (Phi) is 5.54. The van der Waals surface area contributed by atoms with Gasteiger partial charge in [-0.3, -0.25) is 4.99 Å². The maximum Gasteiger partial charge on any atom is 0.0388 e. The topological polar surface area (TPSA) is 15.6 Å². The molecule has 29 heavy (non-hydrogen) atoms. The molecule has 1 saturated heterocycles. The summed E-state index contributed by atoms with van der Waals surface area (Å²) in [6, 6.07) is 23.4. The number of benzene rings is 2. The molecular weight excluding hydrogens is 352 g/mol. The van der Waals surface area contributed by atoms with Crippen molar-refractivity contribution in [3.05, 3.63) is 71.8 Å². The molecule has 5 atom stereocenters. The normalized spacial score (nSPS) is 33.0. The van der Waals surface area contributed by atoms with Crippen molar-refractivity contribution < 1.29 is 0 Å². The molecule has 0 aromatic heterocycles. The van der Waals surface area contributed by atoms with E-state index in [1.807, 2.05) is 0 Å². The Balaban J connectivity index is 1.64. The number of piperidine rings is 1. The maximum atomic E-state index is 5.16. The number of aliphatic imine (C=N–C) groups is 1. The second-order valence-electron chi connectivity index (χ2n) is 9.40. The van der Waals surface area contributed by atoms with E-state index in [0.29, 0.717) is 23.8 Å². The first-order valence-corrected chi connectivity index (χ1v) is 11.7. The van der Waals surface area contributed by atoms with Crippen molar-refractivity contribution in [2.24, 2.45) is 16.8 Å². The molecular formula is C27H34N2. The first-order valence-electron chi connectivity index (χ1n) is 11.7. The summed E-state index contributed by atoms with van der Waals surface area (Å²) in [4.78, 5) is 7.83. The summed E-state index contributed by atoms with van der Waals surface area (Å²) >= 11 is 0. The van der Waals surface area contributed by atoms with Crippen LogP contribution in [0, 0.1) is 11.8 Å². The predicted octanol–water partition coefficient (Wildman–Crippen LogP) is 5.91. The Morgan fingerprint density at radius 3 is 2.24 bits per heavy atom. The van der Waals surface area contributed by atoms with E-state index in [9.17, 15) is 0 Å². The third-order valence-corrected chi connectivity index (χ3v) is 7.84. The fourth-order valence-corrected chi connectivity index (χ4v) is 6.56. The van der Waals surface area contributed by atoms with Crippen LogP contribution in [0.1, 0.15) is 61.5 Å². The summed E-state index contributed by atoms with van der Waals surface area (Å²) in [5, 5.41) is 0. The molecule has 5 rings (SSSR count). The van der Waals surface area contributed by atoms with Crippen LogP contribution in [0.25, 0.3) is 0 Å². The van der Waals surface area contributed by atoms with Gasteiger partial charge in [0.2, 0.25) is 0 Å². The molecule has 0 unspecified atom stereocenters. The van der Waals surface area contributed by atoms with Crippen LogP contribution in [0.3, 0.4) is 0 Å². The van der Waals surface area contributed by atoms with Crippen LogP contribution < -0.4 is 0 Å².